The van der Waals surface area contributed by atoms with Crippen LogP contribution in [0.5, 0.6) is 0 Å². The second kappa shape index (κ2) is 7.41. The van der Waals surface area contributed by atoms with E-state index >= 15 is 0 Å². The van der Waals surface area contributed by atoms with E-state index in [1.54, 1.807) is 25.3 Å². The zero-order chi connectivity index (χ0) is 12.8. The van der Waals surface area contributed by atoms with Gasteiger partial charge in [0, 0.05) is 22.1 Å². The predicted molar refractivity (Wildman–Crippen MR) is 78.0 cm³/mol. The first kappa shape index (κ1) is 15.0. The van der Waals surface area contributed by atoms with Crippen LogP contribution in [0.1, 0.15) is 10.4 Å². The second-order valence-electron chi connectivity index (χ2n) is 3.41. The Morgan fingerprint density at radius 1 is 1.59 bits per heavy atom. The van der Waals surface area contributed by atoms with Crippen molar-refractivity contribution in [2.24, 2.45) is 0 Å². The monoisotopic (exact) mass is 387 g/mol. The average molecular weight is 388 g/mol. The van der Waals surface area contributed by atoms with Crippen molar-refractivity contribution < 1.29 is 9.53 Å². The fourth-order valence-corrected chi connectivity index (χ4v) is 1.91. The fourth-order valence-electron chi connectivity index (χ4n) is 1.23. The van der Waals surface area contributed by atoms with Gasteiger partial charge < -0.3 is 10.1 Å². The van der Waals surface area contributed by atoms with Crippen molar-refractivity contribution in [3.05, 3.63) is 32.4 Å². The van der Waals surface area contributed by atoms with Crippen LogP contribution in [-0.2, 0) is 4.74 Å². The van der Waals surface area contributed by atoms with E-state index in [-0.39, 0.29) is 11.9 Å². The number of hydrogen-bond acceptors (Lipinski definition) is 2. The number of carbonyl (C=O) groups excluding carboxylic acids is 1. The molecule has 94 valence electrons. The molecule has 0 aliphatic heterocycles. The van der Waals surface area contributed by atoms with Crippen LogP contribution in [0, 0.1) is 3.57 Å². The standard InChI is InChI=1S/C11H12Cl2INO2/c1-17-6-8(5-12)15-11(16)7-2-3-10(14)9(13)4-7/h2-4,8H,5-6H2,1H3,(H,15,16). The van der Waals surface area contributed by atoms with Crippen molar-refractivity contribution in [3.63, 3.8) is 0 Å². The first-order chi connectivity index (χ1) is 8.08. The number of benzene rings is 1. The number of amides is 1. The van der Waals surface area contributed by atoms with Gasteiger partial charge in [0.1, 0.15) is 0 Å². The number of ether oxygens (including phenoxy) is 1. The quantitative estimate of drug-likeness (QED) is 0.623. The Balaban J connectivity index is 2.72. The second-order valence-corrected chi connectivity index (χ2v) is 5.29. The van der Waals surface area contributed by atoms with Crippen LogP contribution >= 0.6 is 45.8 Å². The smallest absolute Gasteiger partial charge is 0.251 e. The van der Waals surface area contributed by atoms with E-state index in [1.165, 1.54) is 0 Å². The molecule has 1 rings (SSSR count). The van der Waals surface area contributed by atoms with Gasteiger partial charge in [-0.2, -0.15) is 0 Å². The summed E-state index contributed by atoms with van der Waals surface area (Å²) in [6.07, 6.45) is 0. The number of hydrogen-bond donors (Lipinski definition) is 1. The third-order valence-corrected chi connectivity index (χ3v) is 4.02. The summed E-state index contributed by atoms with van der Waals surface area (Å²) in [7, 11) is 1.56. The number of alkyl halides is 1. The molecule has 17 heavy (non-hydrogen) atoms. The number of halogens is 3. The van der Waals surface area contributed by atoms with Crippen molar-refractivity contribution in [3.8, 4) is 0 Å². The molecule has 0 spiro atoms. The lowest BCUT2D eigenvalue weighted by Crippen LogP contribution is -2.39. The highest BCUT2D eigenvalue weighted by atomic mass is 127. The van der Waals surface area contributed by atoms with Crippen molar-refractivity contribution in [1.82, 2.24) is 5.32 Å². The lowest BCUT2D eigenvalue weighted by atomic mass is 10.2. The molecule has 6 heteroatoms. The molecule has 1 atom stereocenters. The van der Waals surface area contributed by atoms with Gasteiger partial charge >= 0.3 is 0 Å². The maximum Gasteiger partial charge on any atom is 0.251 e. The topological polar surface area (TPSA) is 38.3 Å². The summed E-state index contributed by atoms with van der Waals surface area (Å²) in [5.74, 6) is 0.100. The molecule has 0 saturated heterocycles. The van der Waals surface area contributed by atoms with Gasteiger partial charge in [0.2, 0.25) is 0 Å². The summed E-state index contributed by atoms with van der Waals surface area (Å²) >= 11 is 13.8. The van der Waals surface area contributed by atoms with Gasteiger partial charge in [-0.25, -0.2) is 0 Å². The SMILES string of the molecule is COCC(CCl)NC(=O)c1ccc(I)c(Cl)c1. The molecule has 0 aromatic heterocycles. The van der Waals surface area contributed by atoms with Gasteiger partial charge in [0.15, 0.2) is 0 Å². The summed E-state index contributed by atoms with van der Waals surface area (Å²) in [5, 5.41) is 3.34. The van der Waals surface area contributed by atoms with Crippen LogP contribution in [0.3, 0.4) is 0 Å². The van der Waals surface area contributed by atoms with Crippen LogP contribution in [0.15, 0.2) is 18.2 Å². The highest BCUT2D eigenvalue weighted by molar-refractivity contribution is 14.1. The van der Waals surface area contributed by atoms with E-state index in [4.69, 9.17) is 27.9 Å². The molecule has 3 nitrogen and oxygen atoms in total. The molecule has 0 heterocycles. The number of methoxy groups -OCH3 is 1. The van der Waals surface area contributed by atoms with Gasteiger partial charge in [-0.3, -0.25) is 4.79 Å². The Bertz CT molecular complexity index is 401. The number of rotatable bonds is 5. The highest BCUT2D eigenvalue weighted by Crippen LogP contribution is 2.19. The Labute approximate surface area is 124 Å². The van der Waals surface area contributed by atoms with Crippen LogP contribution in [-0.4, -0.2) is 31.5 Å². The lowest BCUT2D eigenvalue weighted by Gasteiger charge is -2.15. The van der Waals surface area contributed by atoms with Crippen molar-refractivity contribution in [2.75, 3.05) is 19.6 Å². The normalized spacial score (nSPS) is 12.2. The van der Waals surface area contributed by atoms with Crippen LogP contribution in [0.2, 0.25) is 5.02 Å². The van der Waals surface area contributed by atoms with E-state index in [0.717, 1.165) is 3.57 Å². The molecular weight excluding hydrogens is 376 g/mol. The van der Waals surface area contributed by atoms with Gasteiger partial charge in [-0.05, 0) is 40.8 Å². The summed E-state index contributed by atoms with van der Waals surface area (Å²) in [4.78, 5) is 11.9. The van der Waals surface area contributed by atoms with Crippen molar-refractivity contribution in [1.29, 1.82) is 0 Å². The fraction of sp³-hybridized carbons (Fsp3) is 0.364. The minimum atomic E-state index is -0.203. The van der Waals surface area contributed by atoms with Crippen molar-refractivity contribution >= 4 is 51.7 Å². The summed E-state index contributed by atoms with van der Waals surface area (Å²) in [6, 6.07) is 4.95. The van der Waals surface area contributed by atoms with E-state index in [9.17, 15) is 4.79 Å². The average Bonchev–Trinajstić information content (AvgIpc) is 2.31. The minimum Gasteiger partial charge on any atom is -0.383 e. The maximum atomic E-state index is 11.9. The first-order valence-electron chi connectivity index (χ1n) is 4.89. The van der Waals surface area contributed by atoms with E-state index in [1.807, 2.05) is 0 Å². The van der Waals surface area contributed by atoms with E-state index in [2.05, 4.69) is 27.9 Å². The Morgan fingerprint density at radius 2 is 2.29 bits per heavy atom. The first-order valence-corrected chi connectivity index (χ1v) is 6.88. The van der Waals surface area contributed by atoms with Crippen LogP contribution in [0.4, 0.5) is 0 Å². The Kier molecular flexibility index (Phi) is 6.54. The summed E-state index contributed by atoms with van der Waals surface area (Å²) < 4.78 is 5.86. The van der Waals surface area contributed by atoms with Gasteiger partial charge in [-0.15, -0.1) is 11.6 Å². The number of nitrogens with one attached hydrogen (secondary N) is 1. The van der Waals surface area contributed by atoms with E-state index < -0.39 is 0 Å². The molecule has 1 aromatic carbocycles. The Morgan fingerprint density at radius 3 is 2.82 bits per heavy atom. The van der Waals surface area contributed by atoms with Crippen LogP contribution in [0.25, 0.3) is 0 Å². The zero-order valence-corrected chi connectivity index (χ0v) is 12.8. The molecule has 1 aromatic rings. The van der Waals surface area contributed by atoms with E-state index in [0.29, 0.717) is 23.1 Å². The third kappa shape index (κ3) is 4.62. The number of carbonyl (C=O) groups is 1. The molecule has 0 fully saturated rings. The third-order valence-electron chi connectivity index (χ3n) is 2.07. The maximum absolute atomic E-state index is 11.9. The largest absolute Gasteiger partial charge is 0.383 e. The minimum absolute atomic E-state index is 0.202. The van der Waals surface area contributed by atoms with Crippen LogP contribution < -0.4 is 5.32 Å². The van der Waals surface area contributed by atoms with Gasteiger partial charge in [-0.1, -0.05) is 11.6 Å². The molecule has 0 aliphatic rings. The lowest BCUT2D eigenvalue weighted by molar-refractivity contribution is 0.0907. The van der Waals surface area contributed by atoms with Gasteiger partial charge in [0.05, 0.1) is 17.7 Å². The molecule has 1 unspecified atom stereocenters. The molecule has 1 amide bonds. The molecule has 0 bridgehead atoms. The van der Waals surface area contributed by atoms with Crippen molar-refractivity contribution in [2.45, 2.75) is 6.04 Å². The summed E-state index contributed by atoms with van der Waals surface area (Å²) in [6.45, 7) is 0.382. The molecule has 0 saturated carbocycles. The molecular formula is C11H12Cl2INO2. The zero-order valence-electron chi connectivity index (χ0n) is 9.17. The molecule has 0 aliphatic carbocycles. The molecule has 1 N–H and O–H groups in total. The summed E-state index contributed by atoms with van der Waals surface area (Å²) in [5.41, 5.74) is 0.515. The Hall–Kier alpha value is -0.0400. The predicted octanol–water partition coefficient (Wildman–Crippen LogP) is 2.93. The highest BCUT2D eigenvalue weighted by Gasteiger charge is 2.13. The molecule has 0 radical (unpaired) electrons. The van der Waals surface area contributed by atoms with Gasteiger partial charge in [0.25, 0.3) is 5.91 Å².